The average Bonchev–Trinajstić information content (AvgIpc) is 3.60. The summed E-state index contributed by atoms with van der Waals surface area (Å²) in [5.74, 6) is 0.923. The van der Waals surface area contributed by atoms with Crippen LogP contribution in [0, 0.1) is 0 Å². The van der Waals surface area contributed by atoms with Crippen LogP contribution in [0.1, 0.15) is 41.6 Å². The van der Waals surface area contributed by atoms with Gasteiger partial charge in [-0.25, -0.2) is 14.6 Å². The van der Waals surface area contributed by atoms with E-state index in [9.17, 15) is 14.4 Å². The van der Waals surface area contributed by atoms with Crippen molar-refractivity contribution in [1.82, 2.24) is 4.57 Å². The topological polar surface area (TPSA) is 119 Å². The Kier molecular flexibility index (Phi) is 8.69. The molecule has 2 aromatic carbocycles. The summed E-state index contributed by atoms with van der Waals surface area (Å²) in [6.07, 6.45) is 1.64. The molecule has 0 aliphatic carbocycles. The van der Waals surface area contributed by atoms with E-state index < -0.39 is 18.0 Å². The Hall–Kier alpha value is -4.42. The Morgan fingerprint density at radius 2 is 1.74 bits per heavy atom. The largest absolute Gasteiger partial charge is 0.493 e. The molecule has 0 radical (unpaired) electrons. The number of aromatic nitrogens is 1. The van der Waals surface area contributed by atoms with Gasteiger partial charge in [-0.15, -0.1) is 0 Å². The van der Waals surface area contributed by atoms with Gasteiger partial charge in [0.05, 0.1) is 55.3 Å². The van der Waals surface area contributed by atoms with Crippen LogP contribution in [0.15, 0.2) is 78.5 Å². The average molecular weight is 668 g/mol. The van der Waals surface area contributed by atoms with E-state index in [0.29, 0.717) is 53.6 Å². The number of hydrogen-bond acceptors (Lipinski definition) is 10. The van der Waals surface area contributed by atoms with Gasteiger partial charge in [-0.05, 0) is 55.8 Å². The highest BCUT2D eigenvalue weighted by Gasteiger charge is 2.35. The Bertz CT molecular complexity index is 1940. The lowest BCUT2D eigenvalue weighted by Crippen LogP contribution is -2.40. The number of ether oxygens (including phenoxy) is 4. The smallest absolute Gasteiger partial charge is 0.338 e. The van der Waals surface area contributed by atoms with Crippen molar-refractivity contribution in [3.8, 4) is 22.8 Å². The highest BCUT2D eigenvalue weighted by Crippen LogP contribution is 2.40. The first-order valence-electron chi connectivity index (χ1n) is 13.1. The number of benzene rings is 2. The van der Waals surface area contributed by atoms with Crippen LogP contribution in [0.2, 0.25) is 0 Å². The molecule has 43 heavy (non-hydrogen) atoms. The molecular weight excluding hydrogens is 640 g/mol. The van der Waals surface area contributed by atoms with Crippen molar-refractivity contribution in [2.75, 3.05) is 27.9 Å². The Balaban J connectivity index is 1.62. The van der Waals surface area contributed by atoms with Crippen LogP contribution in [0.3, 0.4) is 0 Å². The SMILES string of the molecule is CCOC(=O)C1=C(C)N=c2s/c(=C\c3ccc(-c4ccc(C(=O)OC)cc4)o3)c(=O)n2[C@H]1c1cc(OC)c(OC)cc1Br. The number of carbonyl (C=O) groups excluding carboxylic acids is 2. The highest BCUT2D eigenvalue weighted by atomic mass is 79.9. The summed E-state index contributed by atoms with van der Waals surface area (Å²) >= 11 is 4.78. The summed E-state index contributed by atoms with van der Waals surface area (Å²) in [6.45, 7) is 3.59. The lowest BCUT2D eigenvalue weighted by molar-refractivity contribution is -0.139. The second-order valence-electron chi connectivity index (χ2n) is 9.30. The number of thiazole rings is 1. The molecule has 10 nitrogen and oxygen atoms in total. The summed E-state index contributed by atoms with van der Waals surface area (Å²) in [5, 5.41) is 0. The zero-order chi connectivity index (χ0) is 30.8. The maximum absolute atomic E-state index is 14.0. The first kappa shape index (κ1) is 30.1. The van der Waals surface area contributed by atoms with Gasteiger partial charge in [-0.1, -0.05) is 39.4 Å². The molecule has 2 aromatic heterocycles. The zero-order valence-electron chi connectivity index (χ0n) is 23.9. The number of fused-ring (bicyclic) bond motifs is 1. The van der Waals surface area contributed by atoms with Gasteiger partial charge in [0.25, 0.3) is 5.56 Å². The molecule has 12 heteroatoms. The molecule has 0 bridgehead atoms. The predicted molar refractivity (Wildman–Crippen MR) is 163 cm³/mol. The second-order valence-corrected chi connectivity index (χ2v) is 11.2. The molecule has 5 rings (SSSR count). The number of furan rings is 1. The fourth-order valence-electron chi connectivity index (χ4n) is 4.77. The summed E-state index contributed by atoms with van der Waals surface area (Å²) in [7, 11) is 4.37. The van der Waals surface area contributed by atoms with Gasteiger partial charge >= 0.3 is 11.9 Å². The Labute approximate surface area is 258 Å². The van der Waals surface area contributed by atoms with Crippen molar-refractivity contribution in [2.24, 2.45) is 4.99 Å². The van der Waals surface area contributed by atoms with Gasteiger partial charge in [0.1, 0.15) is 11.5 Å². The van der Waals surface area contributed by atoms with Gasteiger partial charge in [-0.3, -0.25) is 9.36 Å². The molecule has 0 saturated carbocycles. The number of esters is 2. The highest BCUT2D eigenvalue weighted by molar-refractivity contribution is 9.10. The lowest BCUT2D eigenvalue weighted by atomic mass is 9.95. The molecule has 0 spiro atoms. The molecule has 4 aromatic rings. The van der Waals surface area contributed by atoms with Crippen LogP contribution in [-0.2, 0) is 14.3 Å². The van der Waals surface area contributed by atoms with Gasteiger partial charge in [0.2, 0.25) is 0 Å². The number of rotatable bonds is 8. The molecule has 0 amide bonds. The number of allylic oxidation sites excluding steroid dienone is 1. The molecular formula is C31H27BrN2O8S. The van der Waals surface area contributed by atoms with Crippen LogP contribution in [-0.4, -0.2) is 44.4 Å². The summed E-state index contributed by atoms with van der Waals surface area (Å²) in [6, 6.07) is 12.9. The van der Waals surface area contributed by atoms with E-state index in [1.807, 2.05) is 0 Å². The zero-order valence-corrected chi connectivity index (χ0v) is 26.3. The van der Waals surface area contributed by atoms with Crippen molar-refractivity contribution in [3.63, 3.8) is 0 Å². The molecule has 0 saturated heterocycles. The maximum Gasteiger partial charge on any atom is 0.338 e. The maximum atomic E-state index is 14.0. The first-order chi connectivity index (χ1) is 20.7. The minimum atomic E-state index is -0.855. The molecule has 222 valence electrons. The van der Waals surface area contributed by atoms with Crippen molar-refractivity contribution in [2.45, 2.75) is 19.9 Å². The van der Waals surface area contributed by atoms with Gasteiger partial charge in [0.15, 0.2) is 16.3 Å². The minimum Gasteiger partial charge on any atom is -0.493 e. The van der Waals surface area contributed by atoms with Crippen LogP contribution in [0.4, 0.5) is 0 Å². The second kappa shape index (κ2) is 12.4. The van der Waals surface area contributed by atoms with Gasteiger partial charge < -0.3 is 23.4 Å². The fraction of sp³-hybridized carbons (Fsp3) is 0.226. The van der Waals surface area contributed by atoms with E-state index in [2.05, 4.69) is 20.9 Å². The van der Waals surface area contributed by atoms with Crippen LogP contribution >= 0.6 is 27.3 Å². The third-order valence-corrected chi connectivity index (χ3v) is 8.47. The molecule has 1 atom stereocenters. The number of hydrogen-bond donors (Lipinski definition) is 0. The van der Waals surface area contributed by atoms with E-state index in [-0.39, 0.29) is 17.7 Å². The number of halogens is 1. The number of methoxy groups -OCH3 is 3. The van der Waals surface area contributed by atoms with E-state index >= 15 is 0 Å². The number of nitrogens with zero attached hydrogens (tertiary/aromatic N) is 2. The molecule has 0 N–H and O–H groups in total. The van der Waals surface area contributed by atoms with Crippen molar-refractivity contribution < 1.29 is 33.0 Å². The first-order valence-corrected chi connectivity index (χ1v) is 14.7. The van der Waals surface area contributed by atoms with E-state index in [0.717, 1.165) is 5.56 Å². The molecule has 1 aliphatic rings. The van der Waals surface area contributed by atoms with Crippen LogP contribution < -0.4 is 24.4 Å². The van der Waals surface area contributed by atoms with Gasteiger partial charge in [-0.2, -0.15) is 0 Å². The predicted octanol–water partition coefficient (Wildman–Crippen LogP) is 4.62. The Morgan fingerprint density at radius 1 is 1.05 bits per heavy atom. The molecule has 1 aliphatic heterocycles. The van der Waals surface area contributed by atoms with E-state index in [1.165, 1.54) is 37.2 Å². The van der Waals surface area contributed by atoms with Gasteiger partial charge in [0, 0.05) is 16.1 Å². The fourth-order valence-corrected chi connectivity index (χ4v) is 6.33. The third-order valence-electron chi connectivity index (χ3n) is 6.81. The molecule has 0 fully saturated rings. The molecule has 3 heterocycles. The lowest BCUT2D eigenvalue weighted by Gasteiger charge is -2.26. The summed E-state index contributed by atoms with van der Waals surface area (Å²) in [4.78, 5) is 44.0. The van der Waals surface area contributed by atoms with Crippen LogP contribution in [0.25, 0.3) is 17.4 Å². The van der Waals surface area contributed by atoms with E-state index in [4.69, 9.17) is 23.4 Å². The molecule has 0 unspecified atom stereocenters. The third kappa shape index (κ3) is 5.67. The standard InChI is InChI=1S/C31H27BrN2O8S/c1-6-41-30(37)26-16(2)33-31-34(27(26)20-14-23(38-3)24(39-4)15-21(20)32)28(35)25(43-31)13-19-11-12-22(42-19)17-7-9-18(10-8-17)29(36)40-5/h7-15,27H,6H2,1-5H3/b25-13-/t27-/m0/s1. The number of carbonyl (C=O) groups is 2. The van der Waals surface area contributed by atoms with Crippen molar-refractivity contribution in [1.29, 1.82) is 0 Å². The van der Waals surface area contributed by atoms with Crippen molar-refractivity contribution >= 4 is 45.3 Å². The monoisotopic (exact) mass is 666 g/mol. The van der Waals surface area contributed by atoms with E-state index in [1.54, 1.807) is 68.5 Å². The van der Waals surface area contributed by atoms with Crippen LogP contribution in [0.5, 0.6) is 11.5 Å². The summed E-state index contributed by atoms with van der Waals surface area (Å²) < 4.78 is 29.6. The quantitative estimate of drug-likeness (QED) is 0.250. The Morgan fingerprint density at radius 3 is 2.40 bits per heavy atom. The summed E-state index contributed by atoms with van der Waals surface area (Å²) in [5.41, 5.74) is 2.09. The van der Waals surface area contributed by atoms with Crippen molar-refractivity contribution in [3.05, 3.63) is 101 Å². The normalized spacial score (nSPS) is 14.7. The minimum absolute atomic E-state index is 0.159.